The number of carbonyl (C=O) groups is 2. The summed E-state index contributed by atoms with van der Waals surface area (Å²) in [6, 6.07) is 5.13. The molecule has 0 spiro atoms. The first-order valence-corrected chi connectivity index (χ1v) is 7.59. The van der Waals surface area contributed by atoms with Crippen molar-refractivity contribution in [3.8, 4) is 0 Å². The number of nitrogens with one attached hydrogen (secondary N) is 2. The maximum Gasteiger partial charge on any atom is 0.416 e. The standard InChI is InChI=1S/C16H17F3N2O2/c17-16(18,19)12-4-2-1-3-10(12)11-7-13(11)21-14(22)8-20-15(23)9-5-6-9/h1-4,9,11,13H,5-8H2,(H,20,23)(H,21,22)/t11-,13-/m0/s1. The van der Waals surface area contributed by atoms with Gasteiger partial charge < -0.3 is 10.6 Å². The van der Waals surface area contributed by atoms with Crippen LogP contribution in [-0.4, -0.2) is 24.4 Å². The van der Waals surface area contributed by atoms with Crippen molar-refractivity contribution in [2.45, 2.75) is 37.4 Å². The summed E-state index contributed by atoms with van der Waals surface area (Å²) in [6.45, 7) is -0.126. The van der Waals surface area contributed by atoms with Gasteiger partial charge in [0.2, 0.25) is 11.8 Å². The molecule has 2 atom stereocenters. The topological polar surface area (TPSA) is 58.2 Å². The Hall–Kier alpha value is -2.05. The smallest absolute Gasteiger partial charge is 0.351 e. The third-order valence-electron chi connectivity index (χ3n) is 4.17. The molecule has 2 fully saturated rings. The average Bonchev–Trinajstić information content (AvgIpc) is 3.37. The Morgan fingerprint density at radius 3 is 2.52 bits per heavy atom. The van der Waals surface area contributed by atoms with E-state index >= 15 is 0 Å². The zero-order valence-corrected chi connectivity index (χ0v) is 12.3. The van der Waals surface area contributed by atoms with Gasteiger partial charge in [0.15, 0.2) is 0 Å². The third kappa shape index (κ3) is 3.83. The maximum atomic E-state index is 13.0. The highest BCUT2D eigenvalue weighted by molar-refractivity contribution is 5.87. The second kappa shape index (κ2) is 5.86. The number of carbonyl (C=O) groups excluding carboxylic acids is 2. The molecule has 7 heteroatoms. The van der Waals surface area contributed by atoms with E-state index in [2.05, 4.69) is 10.6 Å². The Morgan fingerprint density at radius 2 is 1.87 bits per heavy atom. The normalized spacial score (nSPS) is 23.3. The molecule has 0 heterocycles. The molecule has 0 aromatic heterocycles. The van der Waals surface area contributed by atoms with Crippen LogP contribution in [0.5, 0.6) is 0 Å². The predicted octanol–water partition coefficient (Wildman–Crippen LogP) is 2.20. The van der Waals surface area contributed by atoms with Crippen molar-refractivity contribution in [2.75, 3.05) is 6.54 Å². The van der Waals surface area contributed by atoms with E-state index < -0.39 is 11.7 Å². The summed E-state index contributed by atoms with van der Waals surface area (Å²) in [4.78, 5) is 23.2. The first-order chi connectivity index (χ1) is 10.9. The van der Waals surface area contributed by atoms with Gasteiger partial charge in [0.05, 0.1) is 12.1 Å². The molecule has 124 valence electrons. The van der Waals surface area contributed by atoms with Crippen molar-refractivity contribution >= 4 is 11.8 Å². The molecule has 0 aliphatic heterocycles. The minimum absolute atomic E-state index is 0.0233. The summed E-state index contributed by atoms with van der Waals surface area (Å²) in [5, 5.41) is 5.21. The summed E-state index contributed by atoms with van der Waals surface area (Å²) < 4.78 is 38.9. The lowest BCUT2D eigenvalue weighted by Crippen LogP contribution is -2.38. The zero-order chi connectivity index (χ0) is 16.6. The van der Waals surface area contributed by atoms with Crippen LogP contribution >= 0.6 is 0 Å². The van der Waals surface area contributed by atoms with Crippen LogP contribution in [0.25, 0.3) is 0 Å². The zero-order valence-electron chi connectivity index (χ0n) is 12.3. The fourth-order valence-corrected chi connectivity index (χ4v) is 2.69. The number of halogens is 3. The summed E-state index contributed by atoms with van der Waals surface area (Å²) in [5.41, 5.74) is -0.434. The quantitative estimate of drug-likeness (QED) is 0.871. The lowest BCUT2D eigenvalue weighted by molar-refractivity contribution is -0.138. The van der Waals surface area contributed by atoms with Crippen LogP contribution in [0, 0.1) is 5.92 Å². The molecule has 2 aliphatic carbocycles. The molecule has 0 saturated heterocycles. The summed E-state index contributed by atoms with van der Waals surface area (Å²) >= 11 is 0. The Bertz CT molecular complexity index is 626. The summed E-state index contributed by atoms with van der Waals surface area (Å²) in [5.74, 6) is -0.794. The molecule has 2 amide bonds. The van der Waals surface area contributed by atoms with Crippen molar-refractivity contribution in [2.24, 2.45) is 5.92 Å². The van der Waals surface area contributed by atoms with Gasteiger partial charge in [-0.1, -0.05) is 18.2 Å². The monoisotopic (exact) mass is 326 g/mol. The first-order valence-electron chi connectivity index (χ1n) is 7.59. The van der Waals surface area contributed by atoms with Gasteiger partial charge in [-0.05, 0) is 30.9 Å². The fraction of sp³-hybridized carbons (Fsp3) is 0.500. The number of amides is 2. The molecule has 0 unspecified atom stereocenters. The highest BCUT2D eigenvalue weighted by Crippen LogP contribution is 2.46. The van der Waals surface area contributed by atoms with E-state index in [9.17, 15) is 22.8 Å². The number of hydrogen-bond donors (Lipinski definition) is 2. The number of benzene rings is 1. The van der Waals surface area contributed by atoms with Crippen molar-refractivity contribution in [3.63, 3.8) is 0 Å². The van der Waals surface area contributed by atoms with Gasteiger partial charge in [-0.3, -0.25) is 9.59 Å². The van der Waals surface area contributed by atoms with Crippen LogP contribution in [0.1, 0.15) is 36.3 Å². The second-order valence-electron chi connectivity index (χ2n) is 6.09. The molecule has 0 bridgehead atoms. The molecule has 2 N–H and O–H groups in total. The Morgan fingerprint density at radius 1 is 1.17 bits per heavy atom. The predicted molar refractivity (Wildman–Crippen MR) is 76.5 cm³/mol. The van der Waals surface area contributed by atoms with E-state index in [-0.39, 0.29) is 41.8 Å². The lowest BCUT2D eigenvalue weighted by atomic mass is 10.0. The van der Waals surface area contributed by atoms with Crippen molar-refractivity contribution < 1.29 is 22.8 Å². The minimum atomic E-state index is -4.40. The van der Waals surface area contributed by atoms with Gasteiger partial charge in [0, 0.05) is 17.9 Å². The van der Waals surface area contributed by atoms with Gasteiger partial charge >= 0.3 is 6.18 Å². The maximum absolute atomic E-state index is 13.0. The van der Waals surface area contributed by atoms with Crippen molar-refractivity contribution in [1.82, 2.24) is 10.6 Å². The molecule has 1 aromatic carbocycles. The molecule has 2 aliphatic rings. The van der Waals surface area contributed by atoms with Gasteiger partial charge in [-0.2, -0.15) is 13.2 Å². The van der Waals surface area contributed by atoms with Gasteiger partial charge in [-0.15, -0.1) is 0 Å². The van der Waals surface area contributed by atoms with E-state index in [0.29, 0.717) is 6.42 Å². The summed E-state index contributed by atoms with van der Waals surface area (Å²) in [6.07, 6.45) is -2.21. The van der Waals surface area contributed by atoms with E-state index in [4.69, 9.17) is 0 Å². The second-order valence-corrected chi connectivity index (χ2v) is 6.09. The summed E-state index contributed by atoms with van der Waals surface area (Å²) in [7, 11) is 0. The largest absolute Gasteiger partial charge is 0.416 e. The van der Waals surface area contributed by atoms with Gasteiger partial charge in [0.1, 0.15) is 0 Å². The fourth-order valence-electron chi connectivity index (χ4n) is 2.69. The first kappa shape index (κ1) is 15.8. The molecule has 2 saturated carbocycles. The molecular weight excluding hydrogens is 309 g/mol. The third-order valence-corrected chi connectivity index (χ3v) is 4.17. The van der Waals surface area contributed by atoms with Gasteiger partial charge in [0.25, 0.3) is 0 Å². The molecular formula is C16H17F3N2O2. The van der Waals surface area contributed by atoms with Crippen LogP contribution < -0.4 is 10.6 Å². The number of hydrogen-bond acceptors (Lipinski definition) is 2. The van der Waals surface area contributed by atoms with E-state index in [1.807, 2.05) is 0 Å². The average molecular weight is 326 g/mol. The van der Waals surface area contributed by atoms with Crippen molar-refractivity contribution in [1.29, 1.82) is 0 Å². The number of alkyl halides is 3. The van der Waals surface area contributed by atoms with E-state index in [1.54, 1.807) is 6.07 Å². The van der Waals surface area contributed by atoms with E-state index in [1.165, 1.54) is 12.1 Å². The highest BCUT2D eigenvalue weighted by atomic mass is 19.4. The van der Waals surface area contributed by atoms with Crippen LogP contribution in [-0.2, 0) is 15.8 Å². The van der Waals surface area contributed by atoms with Crippen LogP contribution in [0.15, 0.2) is 24.3 Å². The van der Waals surface area contributed by atoms with Crippen LogP contribution in [0.4, 0.5) is 13.2 Å². The highest BCUT2D eigenvalue weighted by Gasteiger charge is 2.44. The van der Waals surface area contributed by atoms with Crippen LogP contribution in [0.3, 0.4) is 0 Å². The molecule has 3 rings (SSSR count). The van der Waals surface area contributed by atoms with E-state index in [0.717, 1.165) is 18.9 Å². The molecule has 4 nitrogen and oxygen atoms in total. The molecule has 0 radical (unpaired) electrons. The Balaban J connectivity index is 1.53. The number of rotatable bonds is 5. The minimum Gasteiger partial charge on any atom is -0.351 e. The SMILES string of the molecule is O=C(CNC(=O)C1CC1)N[C@H]1C[C@H]1c1ccccc1C(F)(F)F. The molecule has 1 aromatic rings. The van der Waals surface area contributed by atoms with Crippen molar-refractivity contribution in [3.05, 3.63) is 35.4 Å². The Labute approximate surface area is 131 Å². The van der Waals surface area contributed by atoms with Gasteiger partial charge in [-0.25, -0.2) is 0 Å². The lowest BCUT2D eigenvalue weighted by Gasteiger charge is -2.12. The van der Waals surface area contributed by atoms with Crippen LogP contribution in [0.2, 0.25) is 0 Å². The molecule has 23 heavy (non-hydrogen) atoms. The Kier molecular flexibility index (Phi) is 4.04.